The summed E-state index contributed by atoms with van der Waals surface area (Å²) in [5.74, 6) is -0.584. The minimum atomic E-state index is -0.403. The lowest BCUT2D eigenvalue weighted by Crippen LogP contribution is -2.35. The van der Waals surface area contributed by atoms with Crippen LogP contribution >= 0.6 is 0 Å². The van der Waals surface area contributed by atoms with Crippen LogP contribution in [0.15, 0.2) is 24.3 Å². The van der Waals surface area contributed by atoms with Gasteiger partial charge in [0.05, 0.1) is 5.56 Å². The number of nitrogens with two attached hydrogens (primary N) is 1. The lowest BCUT2D eigenvalue weighted by molar-refractivity contribution is -0.123. The van der Waals surface area contributed by atoms with Crippen molar-refractivity contribution < 1.29 is 9.59 Å². The van der Waals surface area contributed by atoms with Crippen molar-refractivity contribution in [3.8, 4) is 0 Å². The Morgan fingerprint density at radius 2 is 1.82 bits per heavy atom. The molecule has 0 bridgehead atoms. The van der Waals surface area contributed by atoms with Gasteiger partial charge in [0.25, 0.3) is 5.91 Å². The Hall–Kier alpha value is -1.84. The molecule has 0 aromatic heterocycles. The molecule has 1 fully saturated rings. The van der Waals surface area contributed by atoms with E-state index < -0.39 is 5.91 Å². The summed E-state index contributed by atoms with van der Waals surface area (Å²) in [5.41, 5.74) is 6.43. The number of hydrogen-bond acceptors (Lipinski definition) is 3. The van der Waals surface area contributed by atoms with E-state index in [4.69, 9.17) is 5.73 Å². The van der Waals surface area contributed by atoms with Crippen molar-refractivity contribution in [2.24, 2.45) is 5.92 Å². The van der Waals surface area contributed by atoms with E-state index in [-0.39, 0.29) is 11.8 Å². The molecule has 1 aromatic carbocycles. The third-order valence-corrected chi connectivity index (χ3v) is 3.17. The van der Waals surface area contributed by atoms with E-state index in [0.717, 1.165) is 25.7 Å². The molecule has 0 saturated heterocycles. The number of nitrogens with one attached hydrogen (secondary N) is 1. The monoisotopic (exact) mass is 232 g/mol. The molecule has 90 valence electrons. The van der Waals surface area contributed by atoms with Gasteiger partial charge in [-0.2, -0.15) is 0 Å². The number of nitrogen functional groups attached to an aromatic ring is 1. The highest BCUT2D eigenvalue weighted by molar-refractivity contribution is 6.07. The number of carbonyl (C=O) groups is 2. The quantitative estimate of drug-likeness (QED) is 0.602. The van der Waals surface area contributed by atoms with Crippen molar-refractivity contribution in [2.75, 3.05) is 5.73 Å². The van der Waals surface area contributed by atoms with Crippen LogP contribution in [0.3, 0.4) is 0 Å². The molecule has 1 aliphatic carbocycles. The van der Waals surface area contributed by atoms with E-state index in [2.05, 4.69) is 5.32 Å². The maximum absolute atomic E-state index is 11.8. The Morgan fingerprint density at radius 1 is 1.18 bits per heavy atom. The molecular formula is C13H16N2O2. The van der Waals surface area contributed by atoms with Crippen molar-refractivity contribution in [3.05, 3.63) is 29.8 Å². The first-order valence-electron chi connectivity index (χ1n) is 5.88. The smallest absolute Gasteiger partial charge is 0.259 e. The fourth-order valence-corrected chi connectivity index (χ4v) is 2.17. The molecule has 0 radical (unpaired) electrons. The van der Waals surface area contributed by atoms with Crippen LogP contribution in [0.5, 0.6) is 0 Å². The molecule has 4 nitrogen and oxygen atoms in total. The maximum Gasteiger partial charge on any atom is 0.259 e. The van der Waals surface area contributed by atoms with Gasteiger partial charge in [0.15, 0.2) is 0 Å². The summed E-state index contributed by atoms with van der Waals surface area (Å²) in [5, 5.41) is 2.42. The molecule has 17 heavy (non-hydrogen) atoms. The van der Waals surface area contributed by atoms with Gasteiger partial charge in [-0.05, 0) is 25.0 Å². The first kappa shape index (κ1) is 11.6. The summed E-state index contributed by atoms with van der Waals surface area (Å²) in [7, 11) is 0. The molecule has 1 aliphatic rings. The van der Waals surface area contributed by atoms with Crippen molar-refractivity contribution in [1.82, 2.24) is 5.32 Å². The second kappa shape index (κ2) is 4.99. The van der Waals surface area contributed by atoms with Crippen molar-refractivity contribution in [2.45, 2.75) is 25.7 Å². The third-order valence-electron chi connectivity index (χ3n) is 3.17. The first-order valence-corrected chi connectivity index (χ1v) is 5.88. The predicted molar refractivity (Wildman–Crippen MR) is 65.3 cm³/mol. The van der Waals surface area contributed by atoms with E-state index >= 15 is 0 Å². The summed E-state index contributed by atoms with van der Waals surface area (Å²) in [6, 6.07) is 6.75. The SMILES string of the molecule is Nc1ccccc1C(=O)NC(=O)C1CCCC1. The van der Waals surface area contributed by atoms with Crippen LogP contribution in [-0.4, -0.2) is 11.8 Å². The molecule has 0 unspecified atom stereocenters. The van der Waals surface area contributed by atoms with Crippen LogP contribution in [0.1, 0.15) is 36.0 Å². The van der Waals surface area contributed by atoms with Gasteiger partial charge in [0.2, 0.25) is 5.91 Å². The molecule has 0 atom stereocenters. The fraction of sp³-hybridized carbons (Fsp3) is 0.385. The van der Waals surface area contributed by atoms with Gasteiger partial charge < -0.3 is 5.73 Å². The van der Waals surface area contributed by atoms with E-state index in [1.165, 1.54) is 0 Å². The summed E-state index contributed by atoms with van der Waals surface area (Å²) in [6.45, 7) is 0. The normalized spacial score (nSPS) is 15.8. The number of anilines is 1. The van der Waals surface area contributed by atoms with Gasteiger partial charge in [0, 0.05) is 11.6 Å². The summed E-state index contributed by atoms with van der Waals surface area (Å²) in [6.07, 6.45) is 3.90. The minimum absolute atomic E-state index is 0.0103. The number of amides is 2. The van der Waals surface area contributed by atoms with E-state index in [1.807, 2.05) is 0 Å². The summed E-state index contributed by atoms with van der Waals surface area (Å²) >= 11 is 0. The van der Waals surface area contributed by atoms with Crippen LogP contribution in [0, 0.1) is 5.92 Å². The standard InChI is InChI=1S/C13H16N2O2/c14-11-8-4-3-7-10(11)13(17)15-12(16)9-5-1-2-6-9/h3-4,7-9H,1-2,5-6,14H2,(H,15,16,17). The van der Waals surface area contributed by atoms with Crippen LogP contribution in [0.25, 0.3) is 0 Å². The van der Waals surface area contributed by atoms with Gasteiger partial charge in [-0.1, -0.05) is 25.0 Å². The van der Waals surface area contributed by atoms with Gasteiger partial charge in [0.1, 0.15) is 0 Å². The second-order valence-corrected chi connectivity index (χ2v) is 4.39. The number of para-hydroxylation sites is 1. The molecule has 1 aromatic rings. The molecule has 2 amide bonds. The molecule has 2 rings (SSSR count). The van der Waals surface area contributed by atoms with E-state index in [0.29, 0.717) is 11.3 Å². The highest BCUT2D eigenvalue weighted by atomic mass is 16.2. The average Bonchev–Trinajstić information content (AvgIpc) is 2.82. The van der Waals surface area contributed by atoms with Crippen LogP contribution in [0.2, 0.25) is 0 Å². The Morgan fingerprint density at radius 3 is 2.47 bits per heavy atom. The van der Waals surface area contributed by atoms with Crippen LogP contribution in [0.4, 0.5) is 5.69 Å². The Kier molecular flexibility index (Phi) is 3.42. The van der Waals surface area contributed by atoms with Gasteiger partial charge in [-0.3, -0.25) is 14.9 Å². The van der Waals surface area contributed by atoms with E-state index in [1.54, 1.807) is 24.3 Å². The lowest BCUT2D eigenvalue weighted by atomic mass is 10.1. The third kappa shape index (κ3) is 2.64. The highest BCUT2D eigenvalue weighted by Gasteiger charge is 2.24. The molecular weight excluding hydrogens is 216 g/mol. The molecule has 0 heterocycles. The van der Waals surface area contributed by atoms with Gasteiger partial charge >= 0.3 is 0 Å². The molecule has 1 saturated carbocycles. The maximum atomic E-state index is 11.8. The summed E-state index contributed by atoms with van der Waals surface area (Å²) in [4.78, 5) is 23.6. The fourth-order valence-electron chi connectivity index (χ4n) is 2.17. The number of hydrogen-bond donors (Lipinski definition) is 2. The van der Waals surface area contributed by atoms with Crippen molar-refractivity contribution >= 4 is 17.5 Å². The summed E-state index contributed by atoms with van der Waals surface area (Å²) < 4.78 is 0. The Labute approximate surface area is 100 Å². The molecule has 0 spiro atoms. The first-order chi connectivity index (χ1) is 8.18. The number of rotatable bonds is 2. The number of benzene rings is 1. The van der Waals surface area contributed by atoms with Gasteiger partial charge in [-0.25, -0.2) is 0 Å². The lowest BCUT2D eigenvalue weighted by Gasteiger charge is -2.10. The number of imide groups is 1. The Bertz CT molecular complexity index is 437. The van der Waals surface area contributed by atoms with Crippen LogP contribution < -0.4 is 11.1 Å². The zero-order chi connectivity index (χ0) is 12.3. The van der Waals surface area contributed by atoms with Crippen molar-refractivity contribution in [1.29, 1.82) is 0 Å². The van der Waals surface area contributed by atoms with E-state index in [9.17, 15) is 9.59 Å². The average molecular weight is 232 g/mol. The number of carbonyl (C=O) groups excluding carboxylic acids is 2. The van der Waals surface area contributed by atoms with Crippen molar-refractivity contribution in [3.63, 3.8) is 0 Å². The van der Waals surface area contributed by atoms with Gasteiger partial charge in [-0.15, -0.1) is 0 Å². The second-order valence-electron chi connectivity index (χ2n) is 4.39. The molecule has 0 aliphatic heterocycles. The highest BCUT2D eigenvalue weighted by Crippen LogP contribution is 2.24. The van der Waals surface area contributed by atoms with Crippen LogP contribution in [-0.2, 0) is 4.79 Å². The minimum Gasteiger partial charge on any atom is -0.398 e. The zero-order valence-corrected chi connectivity index (χ0v) is 9.61. The zero-order valence-electron chi connectivity index (χ0n) is 9.61. The predicted octanol–water partition coefficient (Wildman–Crippen LogP) is 1.72. The largest absolute Gasteiger partial charge is 0.398 e. The molecule has 4 heteroatoms. The molecule has 3 N–H and O–H groups in total. The Balaban J connectivity index is 2.02. The topological polar surface area (TPSA) is 72.2 Å².